The second-order valence-corrected chi connectivity index (χ2v) is 4.53. The van der Waals surface area contributed by atoms with Gasteiger partial charge in [-0.25, -0.2) is 0 Å². The van der Waals surface area contributed by atoms with Crippen molar-refractivity contribution in [1.29, 1.82) is 0 Å². The minimum absolute atomic E-state index is 0.0757. The number of benzene rings is 1. The van der Waals surface area contributed by atoms with Crippen molar-refractivity contribution in [2.75, 3.05) is 5.73 Å². The SMILES string of the molecule is CC1CC1N1C(=O)c2cccc(N)c2C1=O. The van der Waals surface area contributed by atoms with E-state index in [9.17, 15) is 9.59 Å². The number of nitrogens with zero attached hydrogens (tertiary/aromatic N) is 1. The molecular formula is C12H12N2O2. The molecule has 4 heteroatoms. The Morgan fingerprint density at radius 1 is 1.31 bits per heavy atom. The van der Waals surface area contributed by atoms with Gasteiger partial charge in [0.25, 0.3) is 11.8 Å². The minimum atomic E-state index is -0.229. The highest BCUT2D eigenvalue weighted by atomic mass is 16.2. The summed E-state index contributed by atoms with van der Waals surface area (Å²) in [5.74, 6) is -0.00228. The average molecular weight is 216 g/mol. The molecule has 0 radical (unpaired) electrons. The lowest BCUT2D eigenvalue weighted by atomic mass is 10.1. The fourth-order valence-electron chi connectivity index (χ4n) is 2.29. The van der Waals surface area contributed by atoms with Crippen LogP contribution in [-0.2, 0) is 0 Å². The lowest BCUT2D eigenvalue weighted by Crippen LogP contribution is -2.32. The third-order valence-electron chi connectivity index (χ3n) is 3.38. The first-order chi connectivity index (χ1) is 7.61. The van der Waals surface area contributed by atoms with Gasteiger partial charge in [-0.3, -0.25) is 14.5 Å². The zero-order valence-corrected chi connectivity index (χ0v) is 8.93. The van der Waals surface area contributed by atoms with Crippen LogP contribution in [0.5, 0.6) is 0 Å². The first kappa shape index (κ1) is 9.39. The van der Waals surface area contributed by atoms with Crippen LogP contribution in [0.25, 0.3) is 0 Å². The molecule has 1 fully saturated rings. The quantitative estimate of drug-likeness (QED) is 0.568. The zero-order chi connectivity index (χ0) is 11.4. The largest absolute Gasteiger partial charge is 0.398 e. The number of rotatable bonds is 1. The molecule has 1 aromatic carbocycles. The predicted molar refractivity (Wildman–Crippen MR) is 58.9 cm³/mol. The molecule has 4 nitrogen and oxygen atoms in total. The van der Waals surface area contributed by atoms with Crippen LogP contribution in [0.3, 0.4) is 0 Å². The van der Waals surface area contributed by atoms with Gasteiger partial charge in [0.15, 0.2) is 0 Å². The number of hydrogen-bond acceptors (Lipinski definition) is 3. The number of fused-ring (bicyclic) bond motifs is 1. The summed E-state index contributed by atoms with van der Waals surface area (Å²) in [7, 11) is 0. The molecule has 2 amide bonds. The fraction of sp³-hybridized carbons (Fsp3) is 0.333. The topological polar surface area (TPSA) is 63.4 Å². The molecule has 1 aliphatic carbocycles. The monoisotopic (exact) mass is 216 g/mol. The zero-order valence-electron chi connectivity index (χ0n) is 8.93. The highest BCUT2D eigenvalue weighted by molar-refractivity contribution is 6.23. The van der Waals surface area contributed by atoms with Gasteiger partial charge in [-0.15, -0.1) is 0 Å². The van der Waals surface area contributed by atoms with Crippen molar-refractivity contribution in [2.24, 2.45) is 5.92 Å². The molecule has 0 spiro atoms. The van der Waals surface area contributed by atoms with Crippen LogP contribution in [0.4, 0.5) is 5.69 Å². The third-order valence-corrected chi connectivity index (χ3v) is 3.38. The van der Waals surface area contributed by atoms with Crippen LogP contribution >= 0.6 is 0 Å². The number of carbonyl (C=O) groups is 2. The van der Waals surface area contributed by atoms with Gasteiger partial charge in [0, 0.05) is 11.7 Å². The van der Waals surface area contributed by atoms with Gasteiger partial charge in [-0.2, -0.15) is 0 Å². The Balaban J connectivity index is 2.10. The fourth-order valence-corrected chi connectivity index (χ4v) is 2.29. The molecule has 0 saturated heterocycles. The molecule has 1 saturated carbocycles. The average Bonchev–Trinajstić information content (AvgIpc) is 2.88. The Morgan fingerprint density at radius 3 is 2.56 bits per heavy atom. The van der Waals surface area contributed by atoms with E-state index in [1.807, 2.05) is 6.92 Å². The molecule has 2 aliphatic rings. The molecule has 2 unspecified atom stereocenters. The maximum Gasteiger partial charge on any atom is 0.263 e. The Bertz CT molecular complexity index is 510. The summed E-state index contributed by atoms with van der Waals surface area (Å²) >= 11 is 0. The number of nitrogen functional groups attached to an aromatic ring is 1. The van der Waals surface area contributed by atoms with Crippen LogP contribution in [0.1, 0.15) is 34.1 Å². The predicted octanol–water partition coefficient (Wildman–Crippen LogP) is 1.27. The van der Waals surface area contributed by atoms with E-state index in [1.165, 1.54) is 4.90 Å². The molecule has 1 aliphatic heterocycles. The second kappa shape index (κ2) is 2.84. The Morgan fingerprint density at radius 2 is 2.00 bits per heavy atom. The van der Waals surface area contributed by atoms with E-state index >= 15 is 0 Å². The second-order valence-electron chi connectivity index (χ2n) is 4.53. The molecule has 3 rings (SSSR count). The summed E-state index contributed by atoms with van der Waals surface area (Å²) in [6.07, 6.45) is 0.908. The molecule has 82 valence electrons. The summed E-state index contributed by atoms with van der Waals surface area (Å²) in [5.41, 5.74) is 6.97. The van der Waals surface area contributed by atoms with Crippen molar-refractivity contribution in [1.82, 2.24) is 4.90 Å². The van der Waals surface area contributed by atoms with Crippen molar-refractivity contribution in [2.45, 2.75) is 19.4 Å². The van der Waals surface area contributed by atoms with Crippen molar-refractivity contribution in [3.8, 4) is 0 Å². The van der Waals surface area contributed by atoms with Gasteiger partial charge in [-0.1, -0.05) is 13.0 Å². The van der Waals surface area contributed by atoms with Crippen molar-refractivity contribution in [3.05, 3.63) is 29.3 Å². The van der Waals surface area contributed by atoms with Crippen molar-refractivity contribution < 1.29 is 9.59 Å². The summed E-state index contributed by atoms with van der Waals surface area (Å²) in [6.45, 7) is 2.04. The highest BCUT2D eigenvalue weighted by Crippen LogP contribution is 2.40. The van der Waals surface area contributed by atoms with Crippen LogP contribution in [0.15, 0.2) is 18.2 Å². The van der Waals surface area contributed by atoms with E-state index in [-0.39, 0.29) is 17.9 Å². The lowest BCUT2D eigenvalue weighted by molar-refractivity contribution is 0.0636. The van der Waals surface area contributed by atoms with E-state index in [1.54, 1.807) is 18.2 Å². The summed E-state index contributed by atoms with van der Waals surface area (Å²) in [5, 5.41) is 0. The number of anilines is 1. The first-order valence-corrected chi connectivity index (χ1v) is 5.37. The molecule has 2 atom stereocenters. The number of hydrogen-bond donors (Lipinski definition) is 1. The maximum absolute atomic E-state index is 12.1. The van der Waals surface area contributed by atoms with Gasteiger partial charge in [0.1, 0.15) is 0 Å². The van der Waals surface area contributed by atoms with Gasteiger partial charge in [-0.05, 0) is 24.5 Å². The number of imide groups is 1. The number of nitrogens with two attached hydrogens (primary N) is 1. The van der Waals surface area contributed by atoms with Crippen LogP contribution < -0.4 is 5.73 Å². The number of amides is 2. The van der Waals surface area contributed by atoms with Crippen LogP contribution in [-0.4, -0.2) is 22.8 Å². The summed E-state index contributed by atoms with van der Waals surface area (Å²) in [4.78, 5) is 25.5. The van der Waals surface area contributed by atoms with E-state index in [0.29, 0.717) is 22.7 Å². The van der Waals surface area contributed by atoms with E-state index in [4.69, 9.17) is 5.73 Å². The molecule has 1 heterocycles. The van der Waals surface area contributed by atoms with E-state index < -0.39 is 0 Å². The molecule has 0 aromatic heterocycles. The Kier molecular flexibility index (Phi) is 1.67. The summed E-state index contributed by atoms with van der Waals surface area (Å²) < 4.78 is 0. The maximum atomic E-state index is 12.1. The van der Waals surface area contributed by atoms with Gasteiger partial charge < -0.3 is 5.73 Å². The van der Waals surface area contributed by atoms with Crippen LogP contribution in [0.2, 0.25) is 0 Å². The highest BCUT2D eigenvalue weighted by Gasteiger charge is 2.49. The van der Waals surface area contributed by atoms with E-state index in [2.05, 4.69) is 0 Å². The molecular weight excluding hydrogens is 204 g/mol. The number of carbonyl (C=O) groups excluding carboxylic acids is 2. The molecule has 16 heavy (non-hydrogen) atoms. The Labute approximate surface area is 93.0 Å². The molecule has 0 bridgehead atoms. The first-order valence-electron chi connectivity index (χ1n) is 5.37. The standard InChI is InChI=1S/C12H12N2O2/c1-6-5-9(6)14-11(15)7-3-2-4-8(13)10(7)12(14)16/h2-4,6,9H,5,13H2,1H3. The smallest absolute Gasteiger partial charge is 0.263 e. The summed E-state index contributed by atoms with van der Waals surface area (Å²) in [6, 6.07) is 5.11. The van der Waals surface area contributed by atoms with Gasteiger partial charge >= 0.3 is 0 Å². The van der Waals surface area contributed by atoms with Crippen molar-refractivity contribution in [3.63, 3.8) is 0 Å². The van der Waals surface area contributed by atoms with Gasteiger partial charge in [0.2, 0.25) is 0 Å². The molecule has 2 N–H and O–H groups in total. The van der Waals surface area contributed by atoms with E-state index in [0.717, 1.165) is 6.42 Å². The Hall–Kier alpha value is -1.84. The normalized spacial score (nSPS) is 27.2. The minimum Gasteiger partial charge on any atom is -0.398 e. The third kappa shape index (κ3) is 1.04. The molecule has 1 aromatic rings. The van der Waals surface area contributed by atoms with Crippen molar-refractivity contribution >= 4 is 17.5 Å². The van der Waals surface area contributed by atoms with Gasteiger partial charge in [0.05, 0.1) is 11.1 Å². The van der Waals surface area contributed by atoms with Crippen LogP contribution in [0, 0.1) is 5.92 Å². The lowest BCUT2D eigenvalue weighted by Gasteiger charge is -2.12.